The maximum absolute atomic E-state index is 8.34. The number of thiophene rings is 1. The molecule has 1 heterocycles. The van der Waals surface area contributed by atoms with Gasteiger partial charge in [-0.2, -0.15) is 5.26 Å². The summed E-state index contributed by atoms with van der Waals surface area (Å²) in [5.74, 6) is 0. The second-order valence-electron chi connectivity index (χ2n) is 2.95. The minimum absolute atomic E-state index is 0.415. The van der Waals surface area contributed by atoms with Gasteiger partial charge in [-0.25, -0.2) is 0 Å². The molecule has 0 saturated carbocycles. The molecule has 0 radical (unpaired) electrons. The topological polar surface area (TPSA) is 35.8 Å². The van der Waals surface area contributed by atoms with E-state index in [9.17, 15) is 0 Å². The average molecular weight is 194 g/mol. The largest absolute Gasteiger partial charge is 0.309 e. The Hall–Kier alpha value is -0.850. The van der Waals surface area contributed by atoms with Crippen LogP contribution in [-0.2, 0) is 0 Å². The molecule has 0 bridgehead atoms. The lowest BCUT2D eigenvalue weighted by Crippen LogP contribution is -2.18. The van der Waals surface area contributed by atoms with Crippen molar-refractivity contribution in [2.45, 2.75) is 25.8 Å². The highest BCUT2D eigenvalue weighted by Crippen LogP contribution is 2.17. The zero-order valence-corrected chi connectivity index (χ0v) is 8.60. The first-order chi connectivity index (χ1) is 6.34. The summed E-state index contributed by atoms with van der Waals surface area (Å²) in [6, 6.07) is 6.75. The predicted molar refractivity (Wildman–Crippen MR) is 55.6 cm³/mol. The van der Waals surface area contributed by atoms with E-state index in [1.807, 2.05) is 0 Å². The Bertz CT molecular complexity index is 261. The molecule has 0 aliphatic carbocycles. The van der Waals surface area contributed by atoms with Crippen molar-refractivity contribution in [3.8, 4) is 6.07 Å². The van der Waals surface area contributed by atoms with Crippen LogP contribution in [-0.4, -0.2) is 6.54 Å². The molecule has 1 atom stereocenters. The number of hydrogen-bond donors (Lipinski definition) is 1. The van der Waals surface area contributed by atoms with E-state index in [4.69, 9.17) is 5.26 Å². The third-order valence-corrected chi connectivity index (χ3v) is 2.94. The van der Waals surface area contributed by atoms with Crippen molar-refractivity contribution < 1.29 is 0 Å². The van der Waals surface area contributed by atoms with Gasteiger partial charge in [0.15, 0.2) is 0 Å². The van der Waals surface area contributed by atoms with Gasteiger partial charge in [0.05, 0.1) is 6.07 Å². The van der Waals surface area contributed by atoms with Crippen molar-refractivity contribution in [1.29, 1.82) is 5.26 Å². The van der Waals surface area contributed by atoms with Crippen LogP contribution in [0.15, 0.2) is 17.5 Å². The molecule has 0 fully saturated rings. The molecule has 1 aromatic heterocycles. The highest BCUT2D eigenvalue weighted by molar-refractivity contribution is 7.10. The summed E-state index contributed by atoms with van der Waals surface area (Å²) < 4.78 is 0. The van der Waals surface area contributed by atoms with Crippen LogP contribution in [0.4, 0.5) is 0 Å². The van der Waals surface area contributed by atoms with Gasteiger partial charge in [-0.05, 0) is 31.3 Å². The molecule has 0 saturated heterocycles. The van der Waals surface area contributed by atoms with Crippen LogP contribution in [0.25, 0.3) is 0 Å². The smallest absolute Gasteiger partial charge is 0.0622 e. The fourth-order valence-electron chi connectivity index (χ4n) is 1.12. The third kappa shape index (κ3) is 3.58. The Morgan fingerprint density at radius 1 is 1.69 bits per heavy atom. The van der Waals surface area contributed by atoms with Gasteiger partial charge in [0.2, 0.25) is 0 Å². The average Bonchev–Trinajstić information content (AvgIpc) is 2.65. The van der Waals surface area contributed by atoms with Crippen LogP contribution in [0.1, 0.15) is 30.7 Å². The summed E-state index contributed by atoms with van der Waals surface area (Å²) in [6.45, 7) is 3.07. The van der Waals surface area contributed by atoms with Gasteiger partial charge in [0.1, 0.15) is 0 Å². The highest BCUT2D eigenvalue weighted by Gasteiger charge is 2.03. The van der Waals surface area contributed by atoms with Crippen molar-refractivity contribution >= 4 is 11.3 Å². The molecular formula is C10H14N2S. The van der Waals surface area contributed by atoms with Crippen molar-refractivity contribution in [2.24, 2.45) is 0 Å². The molecule has 0 aromatic carbocycles. The van der Waals surface area contributed by atoms with Crippen LogP contribution in [0, 0.1) is 11.3 Å². The van der Waals surface area contributed by atoms with Crippen LogP contribution in [0.5, 0.6) is 0 Å². The maximum atomic E-state index is 8.34. The Balaban J connectivity index is 2.19. The van der Waals surface area contributed by atoms with E-state index in [0.29, 0.717) is 12.5 Å². The van der Waals surface area contributed by atoms with Gasteiger partial charge in [-0.3, -0.25) is 0 Å². The van der Waals surface area contributed by atoms with Crippen molar-refractivity contribution in [3.63, 3.8) is 0 Å². The SMILES string of the molecule is C[C@H](NCCCC#N)c1cccs1. The number of rotatable bonds is 5. The molecule has 13 heavy (non-hydrogen) atoms. The van der Waals surface area contributed by atoms with Gasteiger partial charge >= 0.3 is 0 Å². The first-order valence-corrected chi connectivity index (χ1v) is 5.36. The Morgan fingerprint density at radius 2 is 2.54 bits per heavy atom. The minimum atomic E-state index is 0.415. The fourth-order valence-corrected chi connectivity index (χ4v) is 1.88. The monoisotopic (exact) mass is 194 g/mol. The summed E-state index contributed by atoms with van der Waals surface area (Å²) in [7, 11) is 0. The number of nitriles is 1. The third-order valence-electron chi connectivity index (χ3n) is 1.89. The number of hydrogen-bond acceptors (Lipinski definition) is 3. The zero-order valence-electron chi connectivity index (χ0n) is 7.79. The molecule has 2 nitrogen and oxygen atoms in total. The predicted octanol–water partition coefficient (Wildman–Crippen LogP) is 2.70. The molecule has 0 amide bonds. The summed E-state index contributed by atoms with van der Waals surface area (Å²) in [6.07, 6.45) is 1.58. The highest BCUT2D eigenvalue weighted by atomic mass is 32.1. The van der Waals surface area contributed by atoms with E-state index in [1.165, 1.54) is 4.88 Å². The molecule has 0 spiro atoms. The second-order valence-corrected chi connectivity index (χ2v) is 3.93. The molecule has 1 rings (SSSR count). The second kappa shape index (κ2) is 5.74. The standard InChI is InChI=1S/C10H14N2S/c1-9(10-5-4-8-13-10)12-7-3-2-6-11/h4-5,8-9,12H,2-3,7H2,1H3/t9-/m0/s1. The van der Waals surface area contributed by atoms with Gasteiger partial charge in [-0.1, -0.05) is 6.07 Å². The number of nitrogens with zero attached hydrogens (tertiary/aromatic N) is 1. The van der Waals surface area contributed by atoms with Crippen molar-refractivity contribution in [2.75, 3.05) is 6.54 Å². The maximum Gasteiger partial charge on any atom is 0.0622 e. The van der Waals surface area contributed by atoms with Crippen molar-refractivity contribution in [1.82, 2.24) is 5.32 Å². The van der Waals surface area contributed by atoms with E-state index in [-0.39, 0.29) is 0 Å². The Morgan fingerprint density at radius 3 is 3.15 bits per heavy atom. The molecule has 0 aliphatic heterocycles. The number of unbranched alkanes of at least 4 members (excludes halogenated alkanes) is 1. The minimum Gasteiger partial charge on any atom is -0.309 e. The normalized spacial score (nSPS) is 12.3. The Kier molecular flexibility index (Phi) is 4.52. The van der Waals surface area contributed by atoms with Gasteiger partial charge in [0, 0.05) is 17.3 Å². The molecule has 0 unspecified atom stereocenters. The summed E-state index contributed by atoms with van der Waals surface area (Å²) in [5.41, 5.74) is 0. The van der Waals surface area contributed by atoms with E-state index >= 15 is 0 Å². The fraction of sp³-hybridized carbons (Fsp3) is 0.500. The summed E-state index contributed by atoms with van der Waals surface area (Å²) >= 11 is 1.77. The summed E-state index contributed by atoms with van der Waals surface area (Å²) in [4.78, 5) is 1.36. The van der Waals surface area contributed by atoms with Gasteiger partial charge < -0.3 is 5.32 Å². The molecular weight excluding hydrogens is 180 g/mol. The lowest BCUT2D eigenvalue weighted by molar-refractivity contribution is 0.569. The lowest BCUT2D eigenvalue weighted by Gasteiger charge is -2.10. The van der Waals surface area contributed by atoms with E-state index < -0.39 is 0 Å². The first kappa shape index (κ1) is 10.2. The molecule has 1 aromatic rings. The number of nitrogens with one attached hydrogen (secondary N) is 1. The van der Waals surface area contributed by atoms with Gasteiger partial charge in [-0.15, -0.1) is 11.3 Å². The van der Waals surface area contributed by atoms with E-state index in [0.717, 1.165) is 13.0 Å². The van der Waals surface area contributed by atoms with Crippen LogP contribution in [0.2, 0.25) is 0 Å². The van der Waals surface area contributed by atoms with Crippen LogP contribution in [0.3, 0.4) is 0 Å². The van der Waals surface area contributed by atoms with E-state index in [1.54, 1.807) is 11.3 Å². The molecule has 70 valence electrons. The molecule has 3 heteroatoms. The summed E-state index contributed by atoms with van der Waals surface area (Å²) in [5, 5.41) is 13.8. The first-order valence-electron chi connectivity index (χ1n) is 4.48. The lowest BCUT2D eigenvalue weighted by atomic mass is 10.2. The van der Waals surface area contributed by atoms with Crippen molar-refractivity contribution in [3.05, 3.63) is 22.4 Å². The Labute approximate surface area is 83.2 Å². The molecule has 0 aliphatic rings. The van der Waals surface area contributed by atoms with E-state index in [2.05, 4.69) is 35.8 Å². The quantitative estimate of drug-likeness (QED) is 0.731. The molecule has 1 N–H and O–H groups in total. The van der Waals surface area contributed by atoms with Crippen LogP contribution < -0.4 is 5.32 Å². The zero-order chi connectivity index (χ0) is 9.52. The van der Waals surface area contributed by atoms with Gasteiger partial charge in [0.25, 0.3) is 0 Å². The van der Waals surface area contributed by atoms with Crippen LogP contribution >= 0.6 is 11.3 Å².